The zero-order chi connectivity index (χ0) is 22.2. The summed E-state index contributed by atoms with van der Waals surface area (Å²) in [5.74, 6) is 0.107. The smallest absolute Gasteiger partial charge is 0.260 e. The highest BCUT2D eigenvalue weighted by molar-refractivity contribution is 7.13. The number of ether oxygens (including phenoxy) is 1. The molecule has 1 heterocycles. The predicted octanol–water partition coefficient (Wildman–Crippen LogP) is 4.89. The Bertz CT molecular complexity index is 1040. The van der Waals surface area contributed by atoms with Gasteiger partial charge in [0.1, 0.15) is 10.8 Å². The first-order valence-corrected chi connectivity index (χ1v) is 11.3. The maximum atomic E-state index is 12.4. The Morgan fingerprint density at radius 2 is 1.87 bits per heavy atom. The van der Waals surface area contributed by atoms with E-state index >= 15 is 0 Å². The minimum atomic E-state index is -0.189. The number of thiazole rings is 1. The van der Waals surface area contributed by atoms with Crippen LogP contribution in [0.1, 0.15) is 19.5 Å². The number of amides is 2. The van der Waals surface area contributed by atoms with Gasteiger partial charge in [0.25, 0.3) is 5.91 Å². The third kappa shape index (κ3) is 6.29. The molecule has 6 nitrogen and oxygen atoms in total. The quantitative estimate of drug-likeness (QED) is 0.496. The van der Waals surface area contributed by atoms with Crippen molar-refractivity contribution in [2.75, 3.05) is 25.0 Å². The molecule has 0 spiro atoms. The van der Waals surface area contributed by atoms with Crippen LogP contribution in [-0.4, -0.2) is 41.4 Å². The van der Waals surface area contributed by atoms with E-state index in [1.165, 1.54) is 11.3 Å². The molecule has 2 amide bonds. The summed E-state index contributed by atoms with van der Waals surface area (Å²) in [5.41, 5.74) is 2.29. The molecule has 162 valence electrons. The fraction of sp³-hybridized carbons (Fsp3) is 0.261. The van der Waals surface area contributed by atoms with Crippen LogP contribution in [0, 0.1) is 0 Å². The van der Waals surface area contributed by atoms with Gasteiger partial charge >= 0.3 is 0 Å². The molecule has 0 saturated carbocycles. The summed E-state index contributed by atoms with van der Waals surface area (Å²) in [6.45, 7) is 5.01. The van der Waals surface area contributed by atoms with E-state index < -0.39 is 0 Å². The fourth-order valence-electron chi connectivity index (χ4n) is 2.97. The Morgan fingerprint density at radius 3 is 2.55 bits per heavy atom. The van der Waals surface area contributed by atoms with Crippen LogP contribution in [0.15, 0.2) is 53.9 Å². The van der Waals surface area contributed by atoms with Crippen molar-refractivity contribution in [3.8, 4) is 16.3 Å². The van der Waals surface area contributed by atoms with E-state index in [9.17, 15) is 9.59 Å². The van der Waals surface area contributed by atoms with Crippen molar-refractivity contribution in [2.24, 2.45) is 0 Å². The molecule has 0 saturated heterocycles. The lowest BCUT2D eigenvalue weighted by Gasteiger charge is -2.19. The number of halogens is 1. The monoisotopic (exact) mass is 457 g/mol. The van der Waals surface area contributed by atoms with Crippen LogP contribution in [0.25, 0.3) is 10.6 Å². The van der Waals surface area contributed by atoms with E-state index in [2.05, 4.69) is 10.3 Å². The van der Waals surface area contributed by atoms with Gasteiger partial charge in [-0.05, 0) is 32.0 Å². The maximum absolute atomic E-state index is 12.4. The first-order chi connectivity index (χ1) is 15.0. The molecule has 31 heavy (non-hydrogen) atoms. The molecule has 3 aromatic rings. The number of aromatic nitrogens is 1. The number of nitrogens with one attached hydrogen (secondary N) is 1. The summed E-state index contributed by atoms with van der Waals surface area (Å²) in [7, 11) is 0. The highest BCUT2D eigenvalue weighted by Gasteiger charge is 2.13. The number of likely N-dealkylation sites (N-methyl/N-ethyl adjacent to an activating group) is 1. The Hall–Kier alpha value is -2.90. The molecule has 8 heteroatoms. The maximum Gasteiger partial charge on any atom is 0.260 e. The standard InChI is InChI=1S/C23H24ClN3O3S/c1-3-27(4-2)22(29)14-30-20-11-10-17(12-19(20)24)25-21(28)13-18-15-31-23(26-18)16-8-6-5-7-9-16/h5-12,15H,3-4,13-14H2,1-2H3,(H,25,28). The molecular weight excluding hydrogens is 434 g/mol. The van der Waals surface area contributed by atoms with Crippen LogP contribution in [0.5, 0.6) is 5.75 Å². The third-order valence-electron chi connectivity index (χ3n) is 4.60. The van der Waals surface area contributed by atoms with Crippen molar-refractivity contribution in [2.45, 2.75) is 20.3 Å². The SMILES string of the molecule is CCN(CC)C(=O)COc1ccc(NC(=O)Cc2csc(-c3ccccc3)n2)cc1Cl. The van der Waals surface area contributed by atoms with Gasteiger partial charge in [-0.2, -0.15) is 0 Å². The summed E-state index contributed by atoms with van der Waals surface area (Å²) < 4.78 is 5.54. The molecule has 0 radical (unpaired) electrons. The van der Waals surface area contributed by atoms with E-state index in [1.807, 2.05) is 49.6 Å². The third-order valence-corrected chi connectivity index (χ3v) is 5.83. The molecule has 0 fully saturated rings. The Kier molecular flexibility index (Phi) is 8.03. The van der Waals surface area contributed by atoms with Crippen molar-refractivity contribution < 1.29 is 14.3 Å². The van der Waals surface area contributed by atoms with Crippen molar-refractivity contribution >= 4 is 40.4 Å². The van der Waals surface area contributed by atoms with Crippen LogP contribution in [0.3, 0.4) is 0 Å². The van der Waals surface area contributed by atoms with E-state index in [4.69, 9.17) is 16.3 Å². The van der Waals surface area contributed by atoms with Gasteiger partial charge in [-0.3, -0.25) is 9.59 Å². The lowest BCUT2D eigenvalue weighted by atomic mass is 10.2. The average Bonchev–Trinajstić information content (AvgIpc) is 3.23. The first kappa shape index (κ1) is 22.8. The van der Waals surface area contributed by atoms with E-state index in [-0.39, 0.29) is 24.8 Å². The Balaban J connectivity index is 1.55. The number of carbonyl (C=O) groups excluding carboxylic acids is 2. The molecule has 0 aliphatic carbocycles. The normalized spacial score (nSPS) is 10.5. The topological polar surface area (TPSA) is 71.5 Å². The van der Waals surface area contributed by atoms with E-state index in [1.54, 1.807) is 23.1 Å². The van der Waals surface area contributed by atoms with E-state index in [0.717, 1.165) is 10.6 Å². The van der Waals surface area contributed by atoms with E-state index in [0.29, 0.717) is 35.2 Å². The molecule has 0 aliphatic rings. The molecule has 0 bridgehead atoms. The molecular formula is C23H24ClN3O3S. The number of benzene rings is 2. The lowest BCUT2D eigenvalue weighted by Crippen LogP contribution is -2.34. The minimum absolute atomic E-state index is 0.0827. The van der Waals surface area contributed by atoms with Gasteiger partial charge in [0.15, 0.2) is 6.61 Å². The van der Waals surface area contributed by atoms with Gasteiger partial charge in [0.2, 0.25) is 5.91 Å². The van der Waals surface area contributed by atoms with Gasteiger partial charge in [-0.1, -0.05) is 41.9 Å². The second-order valence-corrected chi connectivity index (χ2v) is 8.00. The van der Waals surface area contributed by atoms with Crippen molar-refractivity contribution in [1.29, 1.82) is 0 Å². The number of hydrogen-bond acceptors (Lipinski definition) is 5. The van der Waals surface area contributed by atoms with Crippen LogP contribution in [0.4, 0.5) is 5.69 Å². The van der Waals surface area contributed by atoms with Crippen molar-refractivity contribution in [3.63, 3.8) is 0 Å². The zero-order valence-electron chi connectivity index (χ0n) is 17.4. The summed E-state index contributed by atoms with van der Waals surface area (Å²) >= 11 is 7.77. The summed E-state index contributed by atoms with van der Waals surface area (Å²) in [4.78, 5) is 30.7. The van der Waals surface area contributed by atoms with Gasteiger partial charge in [0, 0.05) is 29.7 Å². The molecule has 1 N–H and O–H groups in total. The summed E-state index contributed by atoms with van der Waals surface area (Å²) in [5, 5.41) is 5.91. The summed E-state index contributed by atoms with van der Waals surface area (Å²) in [6.07, 6.45) is 0.164. The Labute approximate surface area is 190 Å². The molecule has 1 aromatic heterocycles. The molecule has 0 unspecified atom stereocenters. The van der Waals surface area contributed by atoms with Gasteiger partial charge < -0.3 is 15.0 Å². The minimum Gasteiger partial charge on any atom is -0.482 e. The highest BCUT2D eigenvalue weighted by Crippen LogP contribution is 2.28. The molecule has 0 aliphatic heterocycles. The number of hydrogen-bond donors (Lipinski definition) is 1. The van der Waals surface area contributed by atoms with Crippen molar-refractivity contribution in [1.82, 2.24) is 9.88 Å². The highest BCUT2D eigenvalue weighted by atomic mass is 35.5. The number of nitrogens with zero attached hydrogens (tertiary/aromatic N) is 2. The number of anilines is 1. The van der Waals surface area contributed by atoms with Crippen LogP contribution in [0.2, 0.25) is 5.02 Å². The molecule has 2 aromatic carbocycles. The summed E-state index contributed by atoms with van der Waals surface area (Å²) in [6, 6.07) is 14.8. The van der Waals surface area contributed by atoms with Gasteiger partial charge in [-0.25, -0.2) is 4.98 Å². The fourth-order valence-corrected chi connectivity index (χ4v) is 4.03. The first-order valence-electron chi connectivity index (χ1n) is 10.00. The zero-order valence-corrected chi connectivity index (χ0v) is 19.0. The number of carbonyl (C=O) groups is 2. The lowest BCUT2D eigenvalue weighted by molar-refractivity contribution is -0.133. The van der Waals surface area contributed by atoms with Crippen LogP contribution < -0.4 is 10.1 Å². The van der Waals surface area contributed by atoms with Gasteiger partial charge in [0.05, 0.1) is 17.1 Å². The molecule has 3 rings (SSSR count). The van der Waals surface area contributed by atoms with Crippen LogP contribution >= 0.6 is 22.9 Å². The van der Waals surface area contributed by atoms with Gasteiger partial charge in [-0.15, -0.1) is 11.3 Å². The Morgan fingerprint density at radius 1 is 1.13 bits per heavy atom. The largest absolute Gasteiger partial charge is 0.482 e. The second-order valence-electron chi connectivity index (χ2n) is 6.73. The predicted molar refractivity (Wildman–Crippen MR) is 125 cm³/mol. The van der Waals surface area contributed by atoms with Crippen molar-refractivity contribution in [3.05, 3.63) is 64.6 Å². The average molecular weight is 458 g/mol. The molecule has 0 atom stereocenters. The number of rotatable bonds is 9. The second kappa shape index (κ2) is 10.9. The van der Waals surface area contributed by atoms with Crippen LogP contribution in [-0.2, 0) is 16.0 Å².